The summed E-state index contributed by atoms with van der Waals surface area (Å²) in [5, 5.41) is 2.97. The molecule has 0 amide bonds. The van der Waals surface area contributed by atoms with Gasteiger partial charge in [-0.2, -0.15) is 0 Å². The van der Waals surface area contributed by atoms with E-state index in [2.05, 4.69) is 10.1 Å². The predicted molar refractivity (Wildman–Crippen MR) is 41.9 cm³/mol. The summed E-state index contributed by atoms with van der Waals surface area (Å²) in [6.45, 7) is 1.82. The molecule has 0 radical (unpaired) electrons. The molecule has 0 saturated carbocycles. The Bertz CT molecular complexity index is 125. The van der Waals surface area contributed by atoms with Crippen LogP contribution in [0.2, 0.25) is 0 Å². The van der Waals surface area contributed by atoms with Crippen LogP contribution in [0.5, 0.6) is 0 Å². The molecule has 1 aliphatic rings. The summed E-state index contributed by atoms with van der Waals surface area (Å²) in [4.78, 5) is 10.8. The number of nitrogens with one attached hydrogen (secondary N) is 1. The van der Waals surface area contributed by atoms with Gasteiger partial charge in [0, 0.05) is 6.54 Å². The number of rotatable bonds is 1. The number of halogens is 1. The molecule has 0 spiro atoms. The van der Waals surface area contributed by atoms with E-state index in [0.29, 0.717) is 13.2 Å². The zero-order valence-corrected chi connectivity index (χ0v) is 7.15. The first-order valence-corrected chi connectivity index (χ1v) is 3.23. The molecular weight excluding hydrogens is 170 g/mol. The lowest BCUT2D eigenvalue weighted by molar-refractivity contribution is -0.146. The van der Waals surface area contributed by atoms with Crippen molar-refractivity contribution < 1.29 is 14.3 Å². The van der Waals surface area contributed by atoms with Gasteiger partial charge < -0.3 is 14.8 Å². The van der Waals surface area contributed by atoms with Crippen LogP contribution in [0.15, 0.2) is 0 Å². The number of carbonyl (C=O) groups is 1. The van der Waals surface area contributed by atoms with E-state index >= 15 is 0 Å². The van der Waals surface area contributed by atoms with Crippen LogP contribution in [0.25, 0.3) is 0 Å². The van der Waals surface area contributed by atoms with Crippen LogP contribution in [0.1, 0.15) is 0 Å². The first-order valence-electron chi connectivity index (χ1n) is 3.23. The molecule has 1 aliphatic heterocycles. The van der Waals surface area contributed by atoms with E-state index in [4.69, 9.17) is 4.74 Å². The average Bonchev–Trinajstić information content (AvgIpc) is 2.05. The van der Waals surface area contributed by atoms with Gasteiger partial charge in [0.1, 0.15) is 6.04 Å². The van der Waals surface area contributed by atoms with Crippen molar-refractivity contribution in [1.29, 1.82) is 0 Å². The van der Waals surface area contributed by atoms with E-state index < -0.39 is 0 Å². The third-order valence-corrected chi connectivity index (χ3v) is 1.41. The molecule has 0 aromatic rings. The molecule has 1 atom stereocenters. The molecule has 1 fully saturated rings. The van der Waals surface area contributed by atoms with E-state index in [1.807, 2.05) is 0 Å². The monoisotopic (exact) mass is 181 g/mol. The fraction of sp³-hybridized carbons (Fsp3) is 0.833. The molecule has 1 unspecified atom stereocenters. The minimum Gasteiger partial charge on any atom is -0.468 e. The predicted octanol–water partition coefficient (Wildman–Crippen LogP) is -0.430. The van der Waals surface area contributed by atoms with Gasteiger partial charge in [-0.1, -0.05) is 0 Å². The van der Waals surface area contributed by atoms with Crippen molar-refractivity contribution in [3.63, 3.8) is 0 Å². The van der Waals surface area contributed by atoms with Crippen LogP contribution in [0.4, 0.5) is 0 Å². The number of morpholine rings is 1. The summed E-state index contributed by atoms with van der Waals surface area (Å²) in [6, 6.07) is -0.265. The van der Waals surface area contributed by atoms with Crippen LogP contribution >= 0.6 is 12.4 Å². The van der Waals surface area contributed by atoms with Crippen molar-refractivity contribution in [1.82, 2.24) is 5.32 Å². The third-order valence-electron chi connectivity index (χ3n) is 1.41. The van der Waals surface area contributed by atoms with Crippen LogP contribution in [-0.4, -0.2) is 38.9 Å². The van der Waals surface area contributed by atoms with Gasteiger partial charge in [-0.3, -0.25) is 4.79 Å². The normalized spacial score (nSPS) is 23.5. The summed E-state index contributed by atoms with van der Waals surface area (Å²) in [5.41, 5.74) is 0. The molecule has 0 aromatic carbocycles. The molecule has 5 heteroatoms. The highest BCUT2D eigenvalue weighted by atomic mass is 35.5. The number of carbonyl (C=O) groups excluding carboxylic acids is 1. The van der Waals surface area contributed by atoms with Crippen molar-refractivity contribution in [2.24, 2.45) is 0 Å². The van der Waals surface area contributed by atoms with Crippen LogP contribution in [0, 0.1) is 0 Å². The maximum atomic E-state index is 10.8. The van der Waals surface area contributed by atoms with Gasteiger partial charge in [0.15, 0.2) is 0 Å². The summed E-state index contributed by atoms with van der Waals surface area (Å²) in [7, 11) is 1.37. The molecule has 66 valence electrons. The van der Waals surface area contributed by atoms with Gasteiger partial charge >= 0.3 is 5.97 Å². The zero-order chi connectivity index (χ0) is 7.40. The lowest BCUT2D eigenvalue weighted by Gasteiger charge is -2.20. The third kappa shape index (κ3) is 3.05. The molecule has 0 aromatic heterocycles. The second kappa shape index (κ2) is 5.35. The first kappa shape index (κ1) is 10.7. The van der Waals surface area contributed by atoms with Crippen molar-refractivity contribution in [2.45, 2.75) is 6.04 Å². The average molecular weight is 182 g/mol. The van der Waals surface area contributed by atoms with Crippen molar-refractivity contribution in [2.75, 3.05) is 26.9 Å². The first-order chi connectivity index (χ1) is 4.84. The van der Waals surface area contributed by atoms with Crippen molar-refractivity contribution in [3.8, 4) is 0 Å². The summed E-state index contributed by atoms with van der Waals surface area (Å²) in [6.07, 6.45) is 0. The van der Waals surface area contributed by atoms with Crippen LogP contribution in [-0.2, 0) is 14.3 Å². The van der Waals surface area contributed by atoms with Crippen LogP contribution in [0.3, 0.4) is 0 Å². The SMILES string of the molecule is COC(=O)C1COCCN1.Cl. The highest BCUT2D eigenvalue weighted by Gasteiger charge is 2.20. The Balaban J connectivity index is 0.000001000. The molecular formula is C6H12ClNO3. The Morgan fingerprint density at radius 2 is 2.45 bits per heavy atom. The fourth-order valence-electron chi connectivity index (χ4n) is 0.859. The lowest BCUT2D eigenvalue weighted by Crippen LogP contribution is -2.46. The van der Waals surface area contributed by atoms with Gasteiger partial charge in [-0.25, -0.2) is 0 Å². The largest absolute Gasteiger partial charge is 0.468 e. The van der Waals surface area contributed by atoms with E-state index in [0.717, 1.165) is 6.54 Å². The Labute approximate surface area is 71.6 Å². The number of methoxy groups -OCH3 is 1. The number of ether oxygens (including phenoxy) is 2. The van der Waals surface area contributed by atoms with Gasteiger partial charge in [0.25, 0.3) is 0 Å². The Morgan fingerprint density at radius 1 is 1.73 bits per heavy atom. The standard InChI is InChI=1S/C6H11NO3.ClH/c1-9-6(8)5-4-10-3-2-7-5;/h5,7H,2-4H2,1H3;1H. The highest BCUT2D eigenvalue weighted by molar-refractivity contribution is 5.85. The lowest BCUT2D eigenvalue weighted by atomic mass is 10.3. The molecule has 0 aliphatic carbocycles. The van der Waals surface area contributed by atoms with Crippen molar-refractivity contribution >= 4 is 18.4 Å². The van der Waals surface area contributed by atoms with Crippen LogP contribution < -0.4 is 5.32 Å². The topological polar surface area (TPSA) is 47.6 Å². The second-order valence-electron chi connectivity index (χ2n) is 2.10. The van der Waals surface area contributed by atoms with Gasteiger partial charge in [-0.15, -0.1) is 12.4 Å². The molecule has 1 N–H and O–H groups in total. The molecule has 1 saturated heterocycles. The summed E-state index contributed by atoms with van der Waals surface area (Å²) in [5.74, 6) is -0.250. The fourth-order valence-corrected chi connectivity index (χ4v) is 0.859. The maximum absolute atomic E-state index is 10.8. The van der Waals surface area contributed by atoms with Crippen molar-refractivity contribution in [3.05, 3.63) is 0 Å². The van der Waals surface area contributed by atoms with Gasteiger partial charge in [-0.05, 0) is 0 Å². The van der Waals surface area contributed by atoms with E-state index in [1.54, 1.807) is 0 Å². The smallest absolute Gasteiger partial charge is 0.325 e. The Morgan fingerprint density at radius 3 is 2.91 bits per heavy atom. The quantitative estimate of drug-likeness (QED) is 0.558. The molecule has 1 heterocycles. The highest BCUT2D eigenvalue weighted by Crippen LogP contribution is 1.94. The van der Waals surface area contributed by atoms with E-state index in [9.17, 15) is 4.79 Å². The van der Waals surface area contributed by atoms with E-state index in [1.165, 1.54) is 7.11 Å². The molecule has 1 rings (SSSR count). The molecule has 11 heavy (non-hydrogen) atoms. The minimum atomic E-state index is -0.265. The molecule has 4 nitrogen and oxygen atoms in total. The Kier molecular flexibility index (Phi) is 5.19. The molecule has 0 bridgehead atoms. The Hall–Kier alpha value is -0.320. The number of hydrogen-bond acceptors (Lipinski definition) is 4. The summed E-state index contributed by atoms with van der Waals surface area (Å²) < 4.78 is 9.55. The number of esters is 1. The van der Waals surface area contributed by atoms with E-state index in [-0.39, 0.29) is 24.4 Å². The van der Waals surface area contributed by atoms with Gasteiger partial charge in [0.05, 0.1) is 20.3 Å². The summed E-state index contributed by atoms with van der Waals surface area (Å²) >= 11 is 0. The number of hydrogen-bond donors (Lipinski definition) is 1. The second-order valence-corrected chi connectivity index (χ2v) is 2.10. The minimum absolute atomic E-state index is 0. The zero-order valence-electron chi connectivity index (χ0n) is 6.33. The van der Waals surface area contributed by atoms with Gasteiger partial charge in [0.2, 0.25) is 0 Å². The maximum Gasteiger partial charge on any atom is 0.325 e.